The van der Waals surface area contributed by atoms with E-state index < -0.39 is 5.79 Å². The molecule has 0 amide bonds. The van der Waals surface area contributed by atoms with Crippen LogP contribution in [0, 0.1) is 16.7 Å². The van der Waals surface area contributed by atoms with Gasteiger partial charge < -0.3 is 9.47 Å². The molecule has 0 aliphatic carbocycles. The lowest BCUT2D eigenvalue weighted by Gasteiger charge is -2.24. The highest BCUT2D eigenvalue weighted by molar-refractivity contribution is 6.42. The van der Waals surface area contributed by atoms with Crippen LogP contribution in [0.5, 0.6) is 0 Å². The third kappa shape index (κ3) is 2.50. The second-order valence-corrected chi connectivity index (χ2v) is 4.68. The van der Waals surface area contributed by atoms with Crippen LogP contribution < -0.4 is 0 Å². The average molecular weight is 285 g/mol. The van der Waals surface area contributed by atoms with Crippen molar-refractivity contribution in [2.24, 2.45) is 0 Å². The lowest BCUT2D eigenvalue weighted by molar-refractivity contribution is -0.0957. The molecule has 1 aromatic rings. The summed E-state index contributed by atoms with van der Waals surface area (Å²) in [6.07, 6.45) is 0.260. The number of hydrogen-bond donors (Lipinski definition) is 1. The number of hydrogen-bond acceptors (Lipinski definition) is 4. The van der Waals surface area contributed by atoms with Crippen molar-refractivity contribution in [3.63, 3.8) is 0 Å². The van der Waals surface area contributed by atoms with Crippen molar-refractivity contribution in [2.75, 3.05) is 13.2 Å². The third-order valence-electron chi connectivity index (χ3n) is 2.67. The van der Waals surface area contributed by atoms with Crippen molar-refractivity contribution in [3.05, 3.63) is 33.8 Å². The Morgan fingerprint density at radius 1 is 1.33 bits per heavy atom. The van der Waals surface area contributed by atoms with Crippen molar-refractivity contribution < 1.29 is 9.47 Å². The fraction of sp³-hybridized carbons (Fsp3) is 0.333. The minimum Gasteiger partial charge on any atom is -0.341 e. The SMILES string of the molecule is N#CC(=N)C1(Cc2ccc(Cl)c(Cl)c2)OCCO1. The van der Waals surface area contributed by atoms with Crippen LogP contribution in [-0.4, -0.2) is 24.7 Å². The summed E-state index contributed by atoms with van der Waals surface area (Å²) in [5.74, 6) is -1.29. The molecule has 1 N–H and O–H groups in total. The predicted octanol–water partition coefficient (Wildman–Crippen LogP) is 2.82. The standard InChI is InChI=1S/C12H10Cl2N2O2/c13-9-2-1-8(5-10(9)14)6-12(11(16)7-15)17-3-4-18-12/h1-2,5,16H,3-4,6H2. The number of ether oxygens (including phenoxy) is 2. The quantitative estimate of drug-likeness (QED) is 0.868. The Hall–Kier alpha value is -1.12. The van der Waals surface area contributed by atoms with E-state index in [4.69, 9.17) is 43.3 Å². The molecule has 0 radical (unpaired) electrons. The van der Waals surface area contributed by atoms with Gasteiger partial charge in [-0.25, -0.2) is 0 Å². The Labute approximate surface area is 115 Å². The summed E-state index contributed by atoms with van der Waals surface area (Å²) in [6.45, 7) is 0.733. The van der Waals surface area contributed by atoms with Crippen LogP contribution >= 0.6 is 23.2 Å². The molecule has 94 valence electrons. The van der Waals surface area contributed by atoms with Crippen molar-refractivity contribution in [1.82, 2.24) is 0 Å². The zero-order valence-corrected chi connectivity index (χ0v) is 10.9. The van der Waals surface area contributed by atoms with Gasteiger partial charge >= 0.3 is 0 Å². The minimum absolute atomic E-state index is 0.244. The van der Waals surface area contributed by atoms with Gasteiger partial charge in [0.25, 0.3) is 0 Å². The molecule has 0 saturated carbocycles. The molecule has 1 aliphatic rings. The maximum absolute atomic E-state index is 8.86. The van der Waals surface area contributed by atoms with Gasteiger partial charge in [-0.3, -0.25) is 5.41 Å². The van der Waals surface area contributed by atoms with Gasteiger partial charge in [0.2, 0.25) is 5.79 Å². The summed E-state index contributed by atoms with van der Waals surface area (Å²) in [5.41, 5.74) is 0.553. The molecule has 1 fully saturated rings. The maximum atomic E-state index is 8.86. The summed E-state index contributed by atoms with van der Waals surface area (Å²) in [4.78, 5) is 0. The molecule has 4 nitrogen and oxygen atoms in total. The monoisotopic (exact) mass is 284 g/mol. The second kappa shape index (κ2) is 5.25. The van der Waals surface area contributed by atoms with Crippen molar-refractivity contribution in [1.29, 1.82) is 10.7 Å². The molecule has 1 aromatic carbocycles. The third-order valence-corrected chi connectivity index (χ3v) is 3.41. The maximum Gasteiger partial charge on any atom is 0.226 e. The number of benzene rings is 1. The first-order valence-electron chi connectivity index (χ1n) is 5.28. The van der Waals surface area contributed by atoms with Gasteiger partial charge in [-0.05, 0) is 17.7 Å². The fourth-order valence-electron chi connectivity index (χ4n) is 1.79. The Balaban J connectivity index is 2.27. The van der Waals surface area contributed by atoms with E-state index in [0.29, 0.717) is 23.3 Å². The first kappa shape index (κ1) is 13.3. The molecule has 1 aliphatic heterocycles. The highest BCUT2D eigenvalue weighted by atomic mass is 35.5. The molecule has 1 heterocycles. The molecule has 0 spiro atoms. The molecule has 0 aromatic heterocycles. The van der Waals surface area contributed by atoms with E-state index in [1.807, 2.05) is 0 Å². The molecule has 6 heteroatoms. The van der Waals surface area contributed by atoms with Crippen LogP contribution in [0.2, 0.25) is 10.0 Å². The fourth-order valence-corrected chi connectivity index (χ4v) is 2.11. The topological polar surface area (TPSA) is 66.1 Å². The van der Waals surface area contributed by atoms with Gasteiger partial charge in [-0.1, -0.05) is 29.3 Å². The van der Waals surface area contributed by atoms with Crippen molar-refractivity contribution >= 4 is 28.9 Å². The smallest absolute Gasteiger partial charge is 0.226 e. The first-order chi connectivity index (χ1) is 8.57. The predicted molar refractivity (Wildman–Crippen MR) is 68.1 cm³/mol. The van der Waals surface area contributed by atoms with Crippen LogP contribution in [0.25, 0.3) is 0 Å². The summed E-state index contributed by atoms with van der Waals surface area (Å²) in [6, 6.07) is 6.88. The second-order valence-electron chi connectivity index (χ2n) is 3.86. The zero-order valence-electron chi connectivity index (χ0n) is 9.37. The lowest BCUT2D eigenvalue weighted by atomic mass is 10.0. The summed E-state index contributed by atoms with van der Waals surface area (Å²) >= 11 is 11.8. The Morgan fingerprint density at radius 2 is 2.00 bits per heavy atom. The number of halogens is 2. The average Bonchev–Trinajstić information content (AvgIpc) is 2.82. The van der Waals surface area contributed by atoms with Gasteiger partial charge in [-0.15, -0.1) is 0 Å². The Bertz CT molecular complexity index is 519. The van der Waals surface area contributed by atoms with E-state index >= 15 is 0 Å². The summed E-state index contributed by atoms with van der Waals surface area (Å²) < 4.78 is 10.8. The number of nitriles is 1. The normalized spacial score (nSPS) is 17.4. The van der Waals surface area contributed by atoms with Crippen LogP contribution in [0.1, 0.15) is 5.56 Å². The molecule has 0 unspecified atom stereocenters. The number of rotatable bonds is 3. The van der Waals surface area contributed by atoms with Gasteiger partial charge in [0.1, 0.15) is 6.07 Å². The van der Waals surface area contributed by atoms with E-state index in [1.165, 1.54) is 0 Å². The molecule has 1 saturated heterocycles. The van der Waals surface area contributed by atoms with E-state index in [-0.39, 0.29) is 12.1 Å². The van der Waals surface area contributed by atoms with Gasteiger partial charge in [0.15, 0.2) is 5.71 Å². The van der Waals surface area contributed by atoms with E-state index in [2.05, 4.69) is 0 Å². The molecule has 2 rings (SSSR count). The summed E-state index contributed by atoms with van der Waals surface area (Å²) in [5, 5.41) is 17.4. The molecule has 18 heavy (non-hydrogen) atoms. The number of nitrogens with zero attached hydrogens (tertiary/aromatic N) is 1. The van der Waals surface area contributed by atoms with Crippen molar-refractivity contribution in [2.45, 2.75) is 12.2 Å². The molecule has 0 bridgehead atoms. The molecular weight excluding hydrogens is 275 g/mol. The molecular formula is C12H10Cl2N2O2. The van der Waals surface area contributed by atoms with E-state index in [0.717, 1.165) is 5.56 Å². The van der Waals surface area contributed by atoms with Crippen LogP contribution in [0.3, 0.4) is 0 Å². The number of nitrogens with one attached hydrogen (secondary N) is 1. The minimum atomic E-state index is -1.29. The summed E-state index contributed by atoms with van der Waals surface area (Å²) in [7, 11) is 0. The van der Waals surface area contributed by atoms with Gasteiger partial charge in [-0.2, -0.15) is 5.26 Å². The van der Waals surface area contributed by atoms with Gasteiger partial charge in [0, 0.05) is 6.42 Å². The lowest BCUT2D eigenvalue weighted by Crippen LogP contribution is -2.41. The zero-order chi connectivity index (χ0) is 13.2. The molecule has 0 atom stereocenters. The van der Waals surface area contributed by atoms with Crippen LogP contribution in [-0.2, 0) is 15.9 Å². The van der Waals surface area contributed by atoms with Crippen LogP contribution in [0.4, 0.5) is 0 Å². The Kier molecular flexibility index (Phi) is 3.88. The first-order valence-corrected chi connectivity index (χ1v) is 6.04. The Morgan fingerprint density at radius 3 is 2.56 bits per heavy atom. The highest BCUT2D eigenvalue weighted by Crippen LogP contribution is 2.29. The van der Waals surface area contributed by atoms with Gasteiger partial charge in [0.05, 0.1) is 23.3 Å². The van der Waals surface area contributed by atoms with E-state index in [9.17, 15) is 0 Å². The van der Waals surface area contributed by atoms with Crippen LogP contribution in [0.15, 0.2) is 18.2 Å². The highest BCUT2D eigenvalue weighted by Gasteiger charge is 2.41. The van der Waals surface area contributed by atoms with Crippen molar-refractivity contribution in [3.8, 4) is 6.07 Å². The van der Waals surface area contributed by atoms with E-state index in [1.54, 1.807) is 24.3 Å². The largest absolute Gasteiger partial charge is 0.341 e.